The molecule has 0 heterocycles. The molecule has 0 fully saturated rings. The van der Waals surface area contributed by atoms with Crippen molar-refractivity contribution in [2.24, 2.45) is 0 Å². The number of hydrogen-bond donors (Lipinski definition) is 4. The van der Waals surface area contributed by atoms with Gasteiger partial charge in [0.1, 0.15) is 12.6 Å². The highest BCUT2D eigenvalue weighted by atomic mass is 31.2. The van der Waals surface area contributed by atoms with E-state index in [1.165, 1.54) is 0 Å². The van der Waals surface area contributed by atoms with E-state index in [1.807, 2.05) is 0 Å². The van der Waals surface area contributed by atoms with Gasteiger partial charge >= 0.3 is 15.2 Å². The van der Waals surface area contributed by atoms with Gasteiger partial charge in [-0.15, -0.1) is 0 Å². The molecule has 0 amide bonds. The molecule has 0 aromatic carbocycles. The molecule has 0 unspecified atom stereocenters. The predicted molar refractivity (Wildman–Crippen MR) is 55.4 cm³/mol. The summed E-state index contributed by atoms with van der Waals surface area (Å²) in [7, 11) is -8.64. The average Bonchev–Trinajstić information content (AvgIpc) is 1.75. The number of nitrogens with zero attached hydrogens (tertiary/aromatic N) is 1. The van der Waals surface area contributed by atoms with E-state index in [2.05, 4.69) is 0 Å². The molecule has 0 aliphatic rings. The molecule has 15 heavy (non-hydrogen) atoms. The van der Waals surface area contributed by atoms with Crippen LogP contribution >= 0.6 is 15.2 Å². The van der Waals surface area contributed by atoms with E-state index >= 15 is 0 Å². The second-order valence-electron chi connectivity index (χ2n) is 4.32. The summed E-state index contributed by atoms with van der Waals surface area (Å²) in [6.45, 7) is 4.87. The average molecular weight is 261 g/mol. The Morgan fingerprint density at radius 1 is 0.933 bits per heavy atom. The van der Waals surface area contributed by atoms with Gasteiger partial charge in [-0.2, -0.15) is 0 Å². The normalized spacial score (nSPS) is 14.7. The van der Waals surface area contributed by atoms with Crippen molar-refractivity contribution in [2.45, 2.75) is 26.3 Å². The third-order valence-corrected chi connectivity index (χ3v) is 3.08. The van der Waals surface area contributed by atoms with Crippen LogP contribution in [0.15, 0.2) is 0 Å². The zero-order valence-corrected chi connectivity index (χ0v) is 10.7. The Hall–Kier alpha value is 0.260. The fraction of sp³-hybridized carbons (Fsp3) is 1.00. The number of rotatable bonds is 4. The van der Waals surface area contributed by atoms with E-state index in [0.717, 1.165) is 4.90 Å². The first-order valence-electron chi connectivity index (χ1n) is 4.15. The lowest BCUT2D eigenvalue weighted by Gasteiger charge is -2.35. The van der Waals surface area contributed by atoms with Crippen LogP contribution in [0, 0.1) is 0 Å². The molecule has 0 aromatic rings. The quantitative estimate of drug-likeness (QED) is 0.539. The second kappa shape index (κ2) is 4.63. The molecule has 92 valence electrons. The lowest BCUT2D eigenvalue weighted by molar-refractivity contribution is 0.165. The van der Waals surface area contributed by atoms with Crippen LogP contribution in [0.4, 0.5) is 0 Å². The molecule has 9 heteroatoms. The predicted octanol–water partition coefficient (Wildman–Crippen LogP) is 0.357. The molecule has 0 aliphatic heterocycles. The zero-order chi connectivity index (χ0) is 12.5. The zero-order valence-electron chi connectivity index (χ0n) is 8.86. The van der Waals surface area contributed by atoms with E-state index in [1.54, 1.807) is 20.8 Å². The first-order valence-corrected chi connectivity index (χ1v) is 7.75. The molecular weight excluding hydrogens is 244 g/mol. The molecule has 4 N–H and O–H groups in total. The standard InChI is InChI=1S/C6H17NO6P2/c1-6(2,3)7(4-14(8,9)10)5-15(11,12)13/h4-5H2,1-3H3,(H2,8,9,10)(H2,11,12,13). The molecule has 0 radical (unpaired) electrons. The maximum absolute atomic E-state index is 10.8. The Balaban J connectivity index is 4.78. The van der Waals surface area contributed by atoms with Crippen LogP contribution in [0.1, 0.15) is 20.8 Å². The topological polar surface area (TPSA) is 118 Å². The fourth-order valence-corrected chi connectivity index (χ4v) is 3.01. The SMILES string of the molecule is CC(C)(C)N(CP(=O)(O)O)CP(=O)(O)O. The maximum Gasteiger partial charge on any atom is 0.339 e. The van der Waals surface area contributed by atoms with E-state index in [9.17, 15) is 9.13 Å². The van der Waals surface area contributed by atoms with Gasteiger partial charge in [-0.25, -0.2) is 0 Å². The van der Waals surface area contributed by atoms with Crippen LogP contribution in [0.25, 0.3) is 0 Å². The Labute approximate surface area is 88.4 Å². The highest BCUT2D eigenvalue weighted by Gasteiger charge is 2.32. The minimum atomic E-state index is -4.32. The molecule has 0 saturated heterocycles. The third kappa shape index (κ3) is 8.11. The summed E-state index contributed by atoms with van der Waals surface area (Å²) in [6, 6.07) is 0. The fourth-order valence-electron chi connectivity index (χ4n) is 0.914. The number of hydrogen-bond acceptors (Lipinski definition) is 3. The van der Waals surface area contributed by atoms with Crippen molar-refractivity contribution in [1.82, 2.24) is 4.90 Å². The first kappa shape index (κ1) is 15.3. The maximum atomic E-state index is 10.8. The summed E-state index contributed by atoms with van der Waals surface area (Å²) >= 11 is 0. The van der Waals surface area contributed by atoms with Gasteiger partial charge in [-0.05, 0) is 20.8 Å². The third-order valence-electron chi connectivity index (χ3n) is 1.66. The Morgan fingerprint density at radius 2 is 1.20 bits per heavy atom. The highest BCUT2D eigenvalue weighted by molar-refractivity contribution is 7.52. The van der Waals surface area contributed by atoms with E-state index in [4.69, 9.17) is 19.6 Å². The summed E-state index contributed by atoms with van der Waals surface area (Å²) in [6.07, 6.45) is -1.33. The first-order chi connectivity index (χ1) is 6.31. The summed E-state index contributed by atoms with van der Waals surface area (Å²) in [5, 5.41) is 0. The van der Waals surface area contributed by atoms with Crippen LogP contribution in [0.3, 0.4) is 0 Å². The van der Waals surface area contributed by atoms with Crippen molar-refractivity contribution in [2.75, 3.05) is 12.6 Å². The Bertz CT molecular complexity index is 275. The summed E-state index contributed by atoms with van der Waals surface area (Å²) in [5.74, 6) is 0. The molecule has 0 aliphatic carbocycles. The summed E-state index contributed by atoms with van der Waals surface area (Å²) in [5.41, 5.74) is -0.720. The van der Waals surface area contributed by atoms with Gasteiger partial charge in [0.25, 0.3) is 0 Å². The molecule has 0 bridgehead atoms. The van der Waals surface area contributed by atoms with Crippen molar-refractivity contribution >= 4 is 15.2 Å². The summed E-state index contributed by atoms with van der Waals surface area (Å²) < 4.78 is 21.5. The van der Waals surface area contributed by atoms with Crippen LogP contribution in [-0.2, 0) is 9.13 Å². The molecule has 0 saturated carbocycles. The Kier molecular flexibility index (Phi) is 4.71. The van der Waals surface area contributed by atoms with Crippen LogP contribution in [0.5, 0.6) is 0 Å². The monoisotopic (exact) mass is 261 g/mol. The van der Waals surface area contributed by atoms with E-state index in [0.29, 0.717) is 0 Å². The largest absolute Gasteiger partial charge is 0.339 e. The van der Waals surface area contributed by atoms with Crippen LogP contribution < -0.4 is 0 Å². The lowest BCUT2D eigenvalue weighted by atomic mass is 10.1. The van der Waals surface area contributed by atoms with Crippen molar-refractivity contribution in [1.29, 1.82) is 0 Å². The van der Waals surface area contributed by atoms with Gasteiger partial charge in [0, 0.05) is 5.54 Å². The Morgan fingerprint density at radius 3 is 1.33 bits per heavy atom. The van der Waals surface area contributed by atoms with Gasteiger partial charge in [0.05, 0.1) is 0 Å². The molecule has 7 nitrogen and oxygen atoms in total. The molecule has 0 rings (SSSR count). The van der Waals surface area contributed by atoms with Gasteiger partial charge in [-0.3, -0.25) is 14.0 Å². The second-order valence-corrected chi connectivity index (χ2v) is 7.55. The van der Waals surface area contributed by atoms with Crippen molar-refractivity contribution in [3.05, 3.63) is 0 Å². The van der Waals surface area contributed by atoms with Crippen LogP contribution in [0.2, 0.25) is 0 Å². The lowest BCUT2D eigenvalue weighted by Crippen LogP contribution is -2.42. The molecular formula is C6H17NO6P2. The highest BCUT2D eigenvalue weighted by Crippen LogP contribution is 2.43. The van der Waals surface area contributed by atoms with E-state index in [-0.39, 0.29) is 0 Å². The van der Waals surface area contributed by atoms with Gasteiger partial charge in [0.15, 0.2) is 0 Å². The molecule has 0 atom stereocenters. The molecule has 0 spiro atoms. The smallest absolute Gasteiger partial charge is 0.324 e. The van der Waals surface area contributed by atoms with Crippen LogP contribution in [-0.4, -0.2) is 42.6 Å². The van der Waals surface area contributed by atoms with Crippen molar-refractivity contribution in [3.63, 3.8) is 0 Å². The minimum Gasteiger partial charge on any atom is -0.324 e. The van der Waals surface area contributed by atoms with Crippen molar-refractivity contribution < 1.29 is 28.7 Å². The van der Waals surface area contributed by atoms with E-state index < -0.39 is 33.3 Å². The van der Waals surface area contributed by atoms with Gasteiger partial charge < -0.3 is 19.6 Å². The molecule has 0 aromatic heterocycles. The van der Waals surface area contributed by atoms with Gasteiger partial charge in [0.2, 0.25) is 0 Å². The minimum absolute atomic E-state index is 0.665. The van der Waals surface area contributed by atoms with Gasteiger partial charge in [-0.1, -0.05) is 0 Å². The van der Waals surface area contributed by atoms with Crippen molar-refractivity contribution in [3.8, 4) is 0 Å². The summed E-state index contributed by atoms with van der Waals surface area (Å²) in [4.78, 5) is 36.1.